The summed E-state index contributed by atoms with van der Waals surface area (Å²) in [6.45, 7) is 3.77. The number of allylic oxidation sites excluding steroid dienone is 1. The highest BCUT2D eigenvalue weighted by molar-refractivity contribution is 6.06. The summed E-state index contributed by atoms with van der Waals surface area (Å²) in [5.74, 6) is 2.31. The van der Waals surface area contributed by atoms with Gasteiger partial charge in [0.2, 0.25) is 0 Å². The molecule has 2 aromatic carbocycles. The van der Waals surface area contributed by atoms with Gasteiger partial charge >= 0.3 is 0 Å². The van der Waals surface area contributed by atoms with Crippen LogP contribution in [0.15, 0.2) is 36.4 Å². The van der Waals surface area contributed by atoms with Gasteiger partial charge in [-0.25, -0.2) is 0 Å². The number of rotatable bonds is 5. The highest BCUT2D eigenvalue weighted by Crippen LogP contribution is 2.42. The number of nitrogens with zero attached hydrogens (tertiary/aromatic N) is 1. The van der Waals surface area contributed by atoms with Crippen molar-refractivity contribution in [3.63, 3.8) is 0 Å². The topological polar surface area (TPSA) is 48.0 Å². The van der Waals surface area contributed by atoms with Gasteiger partial charge in [0, 0.05) is 37.8 Å². The third-order valence-electron chi connectivity index (χ3n) is 4.96. The van der Waals surface area contributed by atoms with Crippen LogP contribution in [0.2, 0.25) is 0 Å². The number of ketones is 1. The molecular weight excluding hydrogens is 354 g/mol. The summed E-state index contributed by atoms with van der Waals surface area (Å²) >= 11 is 0. The number of hydrogen-bond acceptors (Lipinski definition) is 5. The van der Waals surface area contributed by atoms with Crippen molar-refractivity contribution in [1.82, 2.24) is 0 Å². The number of hydrogen-bond donors (Lipinski definition) is 0. The predicted octanol–water partition coefficient (Wildman–Crippen LogP) is 3.87. The molecule has 1 aliphatic carbocycles. The molecule has 0 saturated carbocycles. The van der Waals surface area contributed by atoms with Crippen molar-refractivity contribution in [1.29, 1.82) is 0 Å². The molecule has 1 aliphatic heterocycles. The third-order valence-corrected chi connectivity index (χ3v) is 4.96. The number of carbonyl (C=O) groups is 1. The van der Waals surface area contributed by atoms with Crippen molar-refractivity contribution < 1.29 is 19.0 Å². The fourth-order valence-corrected chi connectivity index (χ4v) is 3.57. The molecule has 5 heteroatoms. The third kappa shape index (κ3) is 3.44. The van der Waals surface area contributed by atoms with E-state index >= 15 is 0 Å². The van der Waals surface area contributed by atoms with Crippen LogP contribution >= 0.6 is 0 Å². The molecule has 0 atom stereocenters. The first-order valence-corrected chi connectivity index (χ1v) is 9.68. The first-order chi connectivity index (χ1) is 13.6. The van der Waals surface area contributed by atoms with E-state index in [0.29, 0.717) is 32.0 Å². The maximum Gasteiger partial charge on any atom is 0.161 e. The Hall–Kier alpha value is -2.95. The van der Waals surface area contributed by atoms with Gasteiger partial charge in [-0.15, -0.1) is 0 Å². The van der Waals surface area contributed by atoms with E-state index in [2.05, 4.69) is 6.92 Å². The second-order valence-corrected chi connectivity index (χ2v) is 7.28. The lowest BCUT2D eigenvalue weighted by atomic mass is 9.85. The van der Waals surface area contributed by atoms with Crippen LogP contribution in [0, 0.1) is 0 Å². The van der Waals surface area contributed by atoms with Gasteiger partial charge in [-0.1, -0.05) is 6.92 Å². The predicted molar refractivity (Wildman–Crippen MR) is 110 cm³/mol. The number of fused-ring (bicyclic) bond motifs is 2. The Morgan fingerprint density at radius 3 is 2.50 bits per heavy atom. The lowest BCUT2D eigenvalue weighted by Gasteiger charge is -2.25. The Labute approximate surface area is 165 Å². The molecule has 0 spiro atoms. The zero-order valence-corrected chi connectivity index (χ0v) is 16.6. The summed E-state index contributed by atoms with van der Waals surface area (Å²) in [4.78, 5) is 14.5. The van der Waals surface area contributed by atoms with Crippen LogP contribution in [-0.4, -0.2) is 39.7 Å². The first kappa shape index (κ1) is 18.4. The molecule has 5 nitrogen and oxygen atoms in total. The van der Waals surface area contributed by atoms with E-state index in [1.54, 1.807) is 6.08 Å². The molecule has 1 heterocycles. The average molecular weight is 379 g/mol. The molecule has 4 rings (SSSR count). The number of carbonyl (C=O) groups excluding carboxylic acids is 1. The zero-order chi connectivity index (χ0) is 19.7. The fraction of sp³-hybridized carbons (Fsp3) is 0.348. The molecule has 28 heavy (non-hydrogen) atoms. The summed E-state index contributed by atoms with van der Waals surface area (Å²) in [5.41, 5.74) is 4.82. The van der Waals surface area contributed by atoms with Crippen LogP contribution in [0.25, 0.3) is 5.57 Å². The normalized spacial score (nSPS) is 15.0. The average Bonchev–Trinajstić information content (AvgIpc) is 2.70. The molecule has 0 amide bonds. The number of anilines is 1. The van der Waals surface area contributed by atoms with Crippen molar-refractivity contribution in [3.8, 4) is 17.2 Å². The smallest absolute Gasteiger partial charge is 0.161 e. The Kier molecular flexibility index (Phi) is 4.99. The summed E-state index contributed by atoms with van der Waals surface area (Å²) < 4.78 is 17.5. The molecule has 0 bridgehead atoms. The van der Waals surface area contributed by atoms with E-state index in [0.717, 1.165) is 45.9 Å². The van der Waals surface area contributed by atoms with Crippen molar-refractivity contribution >= 4 is 17.0 Å². The first-order valence-electron chi connectivity index (χ1n) is 9.68. The largest absolute Gasteiger partial charge is 0.493 e. The highest BCUT2D eigenvalue weighted by atomic mass is 16.6. The van der Waals surface area contributed by atoms with Gasteiger partial charge in [-0.2, -0.15) is 0 Å². The van der Waals surface area contributed by atoms with Crippen molar-refractivity contribution in [2.45, 2.75) is 19.8 Å². The van der Waals surface area contributed by atoms with Crippen molar-refractivity contribution in [3.05, 3.63) is 53.1 Å². The second-order valence-electron chi connectivity index (χ2n) is 7.28. The van der Waals surface area contributed by atoms with E-state index in [9.17, 15) is 4.79 Å². The molecule has 0 aromatic heterocycles. The molecule has 2 aliphatic rings. The molecule has 0 N–H and O–H groups in total. The summed E-state index contributed by atoms with van der Waals surface area (Å²) in [7, 11) is 4.00. The lowest BCUT2D eigenvalue weighted by molar-refractivity contribution is -0.114. The quantitative estimate of drug-likeness (QED) is 0.789. The van der Waals surface area contributed by atoms with E-state index in [1.165, 1.54) is 0 Å². The van der Waals surface area contributed by atoms with E-state index in [-0.39, 0.29) is 5.78 Å². The van der Waals surface area contributed by atoms with Crippen molar-refractivity contribution in [2.75, 3.05) is 38.8 Å². The summed E-state index contributed by atoms with van der Waals surface area (Å²) in [6, 6.07) is 10.0. The summed E-state index contributed by atoms with van der Waals surface area (Å²) in [6.07, 6.45) is 3.01. The monoisotopic (exact) mass is 379 g/mol. The van der Waals surface area contributed by atoms with Gasteiger partial charge in [0.15, 0.2) is 17.3 Å². The van der Waals surface area contributed by atoms with Crippen LogP contribution in [-0.2, 0) is 11.2 Å². The molecule has 2 aromatic rings. The van der Waals surface area contributed by atoms with Crippen LogP contribution in [0.5, 0.6) is 17.2 Å². The lowest BCUT2D eigenvalue weighted by Crippen LogP contribution is -2.18. The van der Waals surface area contributed by atoms with Crippen LogP contribution in [0.4, 0.5) is 5.69 Å². The molecule has 0 unspecified atom stereocenters. The van der Waals surface area contributed by atoms with Gasteiger partial charge in [0.05, 0.1) is 6.61 Å². The Morgan fingerprint density at radius 2 is 1.79 bits per heavy atom. The molecular formula is C23H25NO4. The van der Waals surface area contributed by atoms with Gasteiger partial charge in [-0.3, -0.25) is 4.79 Å². The maximum atomic E-state index is 12.5. The summed E-state index contributed by atoms with van der Waals surface area (Å²) in [5, 5.41) is 0. The van der Waals surface area contributed by atoms with E-state index < -0.39 is 0 Å². The van der Waals surface area contributed by atoms with Crippen LogP contribution in [0.1, 0.15) is 30.0 Å². The van der Waals surface area contributed by atoms with E-state index in [4.69, 9.17) is 14.2 Å². The highest BCUT2D eigenvalue weighted by Gasteiger charge is 2.25. The van der Waals surface area contributed by atoms with Gasteiger partial charge in [0.25, 0.3) is 0 Å². The minimum atomic E-state index is 0.0808. The van der Waals surface area contributed by atoms with E-state index in [1.807, 2.05) is 49.3 Å². The Morgan fingerprint density at radius 1 is 1.04 bits per heavy atom. The number of benzene rings is 2. The zero-order valence-electron chi connectivity index (χ0n) is 16.6. The number of ether oxygens (including phenoxy) is 3. The fourth-order valence-electron chi connectivity index (χ4n) is 3.57. The van der Waals surface area contributed by atoms with Crippen molar-refractivity contribution in [2.24, 2.45) is 0 Å². The molecule has 146 valence electrons. The molecule has 0 radical (unpaired) electrons. The second kappa shape index (κ2) is 7.58. The standard InChI is InChI=1S/C23H25NO4/c1-4-7-26-21-12-16(24(2)3)5-6-18(21)20-13-17(25)10-15-11-22-23(14-19(15)20)28-9-8-27-22/h5-6,11-14H,4,7-10H2,1-3H3. The molecule has 0 fully saturated rings. The minimum Gasteiger partial charge on any atom is -0.493 e. The van der Waals surface area contributed by atoms with Gasteiger partial charge < -0.3 is 19.1 Å². The van der Waals surface area contributed by atoms with Gasteiger partial charge in [0.1, 0.15) is 19.0 Å². The van der Waals surface area contributed by atoms with Crippen LogP contribution < -0.4 is 19.1 Å². The minimum absolute atomic E-state index is 0.0808. The maximum absolute atomic E-state index is 12.5. The molecule has 0 saturated heterocycles. The SMILES string of the molecule is CCCOc1cc(N(C)C)ccc1C1=CC(=O)Cc2cc3c(cc21)OCCO3. The van der Waals surface area contributed by atoms with Gasteiger partial charge in [-0.05, 0) is 53.5 Å². The van der Waals surface area contributed by atoms with Crippen LogP contribution in [0.3, 0.4) is 0 Å². The Balaban J connectivity index is 1.84. The Bertz CT molecular complexity index is 946.